The quantitative estimate of drug-likeness (QED) is 0.361. The minimum absolute atomic E-state index is 0.0762. The number of nitrogens with zero attached hydrogens (tertiary/aromatic N) is 3. The van der Waals surface area contributed by atoms with Crippen LogP contribution in [0.3, 0.4) is 0 Å². The number of rotatable bonds is 6. The molecule has 3 aromatic carbocycles. The van der Waals surface area contributed by atoms with Crippen LogP contribution in [-0.4, -0.2) is 20.6 Å². The number of hydrogen-bond acceptors (Lipinski definition) is 5. The molecular formula is C29H27FN4O3. The Labute approximate surface area is 213 Å². The van der Waals surface area contributed by atoms with Gasteiger partial charge in [-0.3, -0.25) is 9.36 Å². The average Bonchev–Trinajstić information content (AvgIpc) is 3.62. The van der Waals surface area contributed by atoms with Gasteiger partial charge in [0, 0.05) is 30.4 Å². The van der Waals surface area contributed by atoms with Crippen molar-refractivity contribution in [3.63, 3.8) is 0 Å². The molecule has 188 valence electrons. The number of benzene rings is 3. The number of nitrogens with one attached hydrogen (secondary N) is 1. The third kappa shape index (κ3) is 4.12. The molecule has 7 nitrogen and oxygen atoms in total. The van der Waals surface area contributed by atoms with Crippen molar-refractivity contribution >= 4 is 28.5 Å². The monoisotopic (exact) mass is 498 g/mol. The van der Waals surface area contributed by atoms with Crippen molar-refractivity contribution < 1.29 is 14.3 Å². The maximum Gasteiger partial charge on any atom is 0.337 e. The van der Waals surface area contributed by atoms with E-state index in [1.807, 2.05) is 35.4 Å². The van der Waals surface area contributed by atoms with E-state index >= 15 is 0 Å². The zero-order valence-corrected chi connectivity index (χ0v) is 20.7. The Bertz CT molecular complexity index is 1630. The van der Waals surface area contributed by atoms with Crippen LogP contribution in [0.4, 0.5) is 16.0 Å². The topological polar surface area (TPSA) is 87.5 Å². The summed E-state index contributed by atoms with van der Waals surface area (Å²) >= 11 is 0. The van der Waals surface area contributed by atoms with Gasteiger partial charge in [0.15, 0.2) is 0 Å². The van der Waals surface area contributed by atoms with Crippen molar-refractivity contribution in [2.75, 3.05) is 10.2 Å². The number of carbonyl (C=O) groups is 1. The number of fused-ring (bicyclic) bond motifs is 2. The third-order valence-electron chi connectivity index (χ3n) is 7.24. The first-order valence-corrected chi connectivity index (χ1v) is 12.5. The van der Waals surface area contributed by atoms with Crippen LogP contribution in [0, 0.1) is 12.7 Å². The Hall–Kier alpha value is -4.20. The SMILES string of the molecule is Cc1cc(C(C)Nc2ccccc2C(=O)O)c2nc(N3Cc4ccc(F)cc4C3)n(C3CC3)c(=O)c2c1. The van der Waals surface area contributed by atoms with Crippen molar-refractivity contribution in [2.24, 2.45) is 0 Å². The summed E-state index contributed by atoms with van der Waals surface area (Å²) in [5.74, 6) is -0.687. The van der Waals surface area contributed by atoms with E-state index in [2.05, 4.69) is 5.32 Å². The van der Waals surface area contributed by atoms with Crippen molar-refractivity contribution in [1.29, 1.82) is 0 Å². The molecule has 1 aliphatic heterocycles. The van der Waals surface area contributed by atoms with Crippen LogP contribution in [0.2, 0.25) is 0 Å². The number of aromatic carboxylic acids is 1. The molecule has 0 radical (unpaired) electrons. The highest BCUT2D eigenvalue weighted by Crippen LogP contribution is 2.39. The molecule has 0 spiro atoms. The van der Waals surface area contributed by atoms with Crippen LogP contribution in [0.15, 0.2) is 59.4 Å². The number of para-hydroxylation sites is 1. The molecule has 1 fully saturated rings. The van der Waals surface area contributed by atoms with Gasteiger partial charge in [0.2, 0.25) is 5.95 Å². The summed E-state index contributed by atoms with van der Waals surface area (Å²) in [5.41, 5.74) is 4.88. The van der Waals surface area contributed by atoms with E-state index in [1.165, 1.54) is 6.07 Å². The van der Waals surface area contributed by atoms with Crippen LogP contribution < -0.4 is 15.8 Å². The maximum atomic E-state index is 13.9. The highest BCUT2D eigenvalue weighted by Gasteiger charge is 2.33. The van der Waals surface area contributed by atoms with E-state index < -0.39 is 5.97 Å². The molecule has 1 atom stereocenters. The Morgan fingerprint density at radius 1 is 1.11 bits per heavy atom. The summed E-state index contributed by atoms with van der Waals surface area (Å²) in [6, 6.07) is 15.3. The predicted octanol–water partition coefficient (Wildman–Crippen LogP) is 5.57. The molecule has 2 heterocycles. The van der Waals surface area contributed by atoms with Gasteiger partial charge in [0.25, 0.3) is 5.56 Å². The van der Waals surface area contributed by atoms with E-state index in [-0.39, 0.29) is 29.0 Å². The lowest BCUT2D eigenvalue weighted by molar-refractivity contribution is 0.0698. The van der Waals surface area contributed by atoms with Gasteiger partial charge in [-0.25, -0.2) is 14.2 Å². The second-order valence-corrected chi connectivity index (χ2v) is 10.1. The van der Waals surface area contributed by atoms with Crippen LogP contribution in [0.25, 0.3) is 10.9 Å². The average molecular weight is 499 g/mol. The highest BCUT2D eigenvalue weighted by molar-refractivity contribution is 5.94. The molecule has 1 unspecified atom stereocenters. The van der Waals surface area contributed by atoms with Gasteiger partial charge in [-0.15, -0.1) is 0 Å². The van der Waals surface area contributed by atoms with Crippen molar-refractivity contribution in [1.82, 2.24) is 9.55 Å². The number of aromatic nitrogens is 2. The van der Waals surface area contributed by atoms with Gasteiger partial charge < -0.3 is 15.3 Å². The molecule has 1 saturated carbocycles. The highest BCUT2D eigenvalue weighted by atomic mass is 19.1. The minimum Gasteiger partial charge on any atom is -0.478 e. The third-order valence-corrected chi connectivity index (χ3v) is 7.24. The van der Waals surface area contributed by atoms with Gasteiger partial charge in [-0.1, -0.05) is 24.3 Å². The predicted molar refractivity (Wildman–Crippen MR) is 141 cm³/mol. The van der Waals surface area contributed by atoms with Crippen molar-refractivity contribution in [2.45, 2.75) is 51.9 Å². The normalized spacial score (nSPS) is 15.6. The number of carboxylic acids is 1. The maximum absolute atomic E-state index is 13.9. The van der Waals surface area contributed by atoms with Crippen LogP contribution in [0.1, 0.15) is 64.5 Å². The molecule has 2 N–H and O–H groups in total. The summed E-state index contributed by atoms with van der Waals surface area (Å²) in [6.45, 7) is 4.93. The molecule has 37 heavy (non-hydrogen) atoms. The van der Waals surface area contributed by atoms with E-state index in [4.69, 9.17) is 4.98 Å². The fourth-order valence-corrected chi connectivity index (χ4v) is 5.30. The van der Waals surface area contributed by atoms with Crippen molar-refractivity contribution in [3.05, 3.63) is 98.6 Å². The first-order valence-electron chi connectivity index (χ1n) is 12.5. The van der Waals surface area contributed by atoms with E-state index in [9.17, 15) is 19.1 Å². The zero-order chi connectivity index (χ0) is 25.8. The first kappa shape index (κ1) is 23.2. The fourth-order valence-electron chi connectivity index (χ4n) is 5.30. The molecule has 6 rings (SSSR count). The molecule has 4 aromatic rings. The molecule has 1 aromatic heterocycles. The van der Waals surface area contributed by atoms with Gasteiger partial charge in [0.1, 0.15) is 5.82 Å². The Morgan fingerprint density at radius 2 is 1.86 bits per heavy atom. The summed E-state index contributed by atoms with van der Waals surface area (Å²) in [4.78, 5) is 32.8. The number of halogens is 1. The molecule has 2 aliphatic rings. The van der Waals surface area contributed by atoms with Gasteiger partial charge in [-0.05, 0) is 73.7 Å². The number of carboxylic acid groups (broad SMARTS) is 1. The van der Waals surface area contributed by atoms with Crippen molar-refractivity contribution in [3.8, 4) is 0 Å². The Morgan fingerprint density at radius 3 is 2.62 bits per heavy atom. The molecule has 1 aliphatic carbocycles. The van der Waals surface area contributed by atoms with Crippen LogP contribution in [0.5, 0.6) is 0 Å². The summed E-state index contributed by atoms with van der Waals surface area (Å²) in [5, 5.41) is 13.5. The number of hydrogen-bond donors (Lipinski definition) is 2. The van der Waals surface area contributed by atoms with Crippen LogP contribution >= 0.6 is 0 Å². The smallest absolute Gasteiger partial charge is 0.337 e. The van der Waals surface area contributed by atoms with Crippen LogP contribution in [-0.2, 0) is 13.1 Å². The lowest BCUT2D eigenvalue weighted by Gasteiger charge is -2.24. The molecule has 0 saturated heterocycles. The summed E-state index contributed by atoms with van der Waals surface area (Å²) in [6.07, 6.45) is 1.86. The van der Waals surface area contributed by atoms with Gasteiger partial charge in [0.05, 0.1) is 22.5 Å². The fraction of sp³-hybridized carbons (Fsp3) is 0.276. The molecule has 8 heteroatoms. The molecular weight excluding hydrogens is 471 g/mol. The Kier molecular flexibility index (Phi) is 5.47. The van der Waals surface area contributed by atoms with E-state index in [1.54, 1.807) is 36.4 Å². The largest absolute Gasteiger partial charge is 0.478 e. The second-order valence-electron chi connectivity index (χ2n) is 10.1. The zero-order valence-electron chi connectivity index (χ0n) is 20.7. The van der Waals surface area contributed by atoms with Gasteiger partial charge in [-0.2, -0.15) is 0 Å². The number of aryl methyl sites for hydroxylation is 1. The van der Waals surface area contributed by atoms with E-state index in [0.717, 1.165) is 35.1 Å². The summed E-state index contributed by atoms with van der Waals surface area (Å²) < 4.78 is 15.7. The standard InChI is InChI=1S/C29H27FN4O3/c1-16-11-23(17(2)31-25-6-4-3-5-22(25)28(36)37)26-24(12-16)27(35)34(21-9-10-21)29(32-26)33-14-18-7-8-20(30)13-19(18)15-33/h3-8,11-13,17,21,31H,9-10,14-15H2,1-2H3,(H,36,37). The van der Waals surface area contributed by atoms with Gasteiger partial charge >= 0.3 is 5.97 Å². The lowest BCUT2D eigenvalue weighted by atomic mass is 10.0. The number of anilines is 2. The van der Waals surface area contributed by atoms with E-state index in [0.29, 0.717) is 35.6 Å². The summed E-state index contributed by atoms with van der Waals surface area (Å²) in [7, 11) is 0. The molecule has 0 bridgehead atoms. The first-order chi connectivity index (χ1) is 17.8. The lowest BCUT2D eigenvalue weighted by Crippen LogP contribution is -2.30. The Balaban J connectivity index is 1.48. The molecule has 0 amide bonds. The minimum atomic E-state index is -1.01. The second kappa shape index (κ2) is 8.73.